The van der Waals surface area contributed by atoms with Crippen molar-refractivity contribution in [3.63, 3.8) is 0 Å². The van der Waals surface area contributed by atoms with Crippen LogP contribution in [0.3, 0.4) is 0 Å². The fraction of sp³-hybridized carbons (Fsp3) is 0.350. The molecule has 0 aromatic heterocycles. The first-order chi connectivity index (χ1) is 12.1. The quantitative estimate of drug-likeness (QED) is 0.737. The SMILES string of the molecule is COc1ccc(C2CCN(C(=O)CCc3ccc(Cl)cc3Cl)C2)cc1. The van der Waals surface area contributed by atoms with Gasteiger partial charge >= 0.3 is 0 Å². The van der Waals surface area contributed by atoms with E-state index >= 15 is 0 Å². The molecule has 0 N–H and O–H groups in total. The molecule has 2 aromatic rings. The maximum atomic E-state index is 12.5. The second-order valence-corrected chi connectivity index (χ2v) is 7.18. The average molecular weight is 378 g/mol. The van der Waals surface area contributed by atoms with Crippen molar-refractivity contribution in [3.8, 4) is 5.75 Å². The zero-order valence-electron chi connectivity index (χ0n) is 14.2. The molecule has 1 aliphatic rings. The van der Waals surface area contributed by atoms with Crippen molar-refractivity contribution in [2.45, 2.75) is 25.2 Å². The van der Waals surface area contributed by atoms with Crippen LogP contribution in [-0.4, -0.2) is 31.0 Å². The van der Waals surface area contributed by atoms with Crippen LogP contribution in [0.2, 0.25) is 10.0 Å². The fourth-order valence-corrected chi connectivity index (χ4v) is 3.76. The highest BCUT2D eigenvalue weighted by Gasteiger charge is 2.27. The van der Waals surface area contributed by atoms with Crippen LogP contribution >= 0.6 is 23.2 Å². The highest BCUT2D eigenvalue weighted by Crippen LogP contribution is 2.29. The summed E-state index contributed by atoms with van der Waals surface area (Å²) in [6.45, 7) is 1.59. The van der Waals surface area contributed by atoms with Gasteiger partial charge in [0.25, 0.3) is 0 Å². The minimum absolute atomic E-state index is 0.182. The third kappa shape index (κ3) is 4.47. The molecule has 1 aliphatic heterocycles. The monoisotopic (exact) mass is 377 g/mol. The Morgan fingerprint density at radius 3 is 2.64 bits per heavy atom. The number of amides is 1. The molecule has 1 saturated heterocycles. The molecule has 2 aromatic carbocycles. The molecule has 25 heavy (non-hydrogen) atoms. The van der Waals surface area contributed by atoms with Crippen LogP contribution in [0.4, 0.5) is 0 Å². The summed E-state index contributed by atoms with van der Waals surface area (Å²) in [4.78, 5) is 14.5. The first-order valence-corrected chi connectivity index (χ1v) is 9.18. The Morgan fingerprint density at radius 1 is 1.20 bits per heavy atom. The van der Waals surface area contributed by atoms with Crippen LogP contribution in [0.5, 0.6) is 5.75 Å². The van der Waals surface area contributed by atoms with E-state index in [0.717, 1.165) is 30.8 Å². The van der Waals surface area contributed by atoms with Gasteiger partial charge < -0.3 is 9.64 Å². The van der Waals surface area contributed by atoms with E-state index in [1.54, 1.807) is 13.2 Å². The van der Waals surface area contributed by atoms with Crippen LogP contribution in [-0.2, 0) is 11.2 Å². The van der Waals surface area contributed by atoms with Gasteiger partial charge in [0.2, 0.25) is 5.91 Å². The standard InChI is InChI=1S/C20H21Cl2NO2/c1-25-18-7-3-14(4-8-18)16-10-11-23(13-16)20(24)9-5-15-2-6-17(21)12-19(15)22/h2-4,6-8,12,16H,5,9-11,13H2,1H3. The van der Waals surface area contributed by atoms with Gasteiger partial charge in [-0.1, -0.05) is 41.4 Å². The van der Waals surface area contributed by atoms with Gasteiger partial charge in [0.1, 0.15) is 5.75 Å². The van der Waals surface area contributed by atoms with E-state index in [0.29, 0.717) is 28.8 Å². The third-order valence-corrected chi connectivity index (χ3v) is 5.34. The van der Waals surface area contributed by atoms with Crippen molar-refractivity contribution in [1.29, 1.82) is 0 Å². The van der Waals surface area contributed by atoms with Crippen LogP contribution < -0.4 is 4.74 Å². The Kier molecular flexibility index (Phi) is 5.87. The molecular formula is C20H21Cl2NO2. The Morgan fingerprint density at radius 2 is 1.96 bits per heavy atom. The number of hydrogen-bond acceptors (Lipinski definition) is 2. The highest BCUT2D eigenvalue weighted by molar-refractivity contribution is 6.35. The predicted molar refractivity (Wildman–Crippen MR) is 102 cm³/mol. The van der Waals surface area contributed by atoms with E-state index in [-0.39, 0.29) is 5.91 Å². The number of ether oxygens (including phenoxy) is 1. The lowest BCUT2D eigenvalue weighted by Crippen LogP contribution is -2.28. The third-order valence-electron chi connectivity index (χ3n) is 4.75. The van der Waals surface area contributed by atoms with Gasteiger partial charge in [-0.2, -0.15) is 0 Å². The number of nitrogens with zero attached hydrogens (tertiary/aromatic N) is 1. The second-order valence-electron chi connectivity index (χ2n) is 6.33. The van der Waals surface area contributed by atoms with E-state index in [9.17, 15) is 4.79 Å². The summed E-state index contributed by atoms with van der Waals surface area (Å²) in [6, 6.07) is 13.5. The van der Waals surface area contributed by atoms with Crippen LogP contribution in [0, 0.1) is 0 Å². The number of likely N-dealkylation sites (tertiary alicyclic amines) is 1. The lowest BCUT2D eigenvalue weighted by atomic mass is 9.98. The smallest absolute Gasteiger partial charge is 0.222 e. The first kappa shape index (κ1) is 18.1. The van der Waals surface area contributed by atoms with Crippen LogP contribution in [0.1, 0.15) is 29.9 Å². The molecule has 1 amide bonds. The van der Waals surface area contributed by atoms with Gasteiger partial charge in [-0.25, -0.2) is 0 Å². The van der Waals surface area contributed by atoms with E-state index in [1.807, 2.05) is 29.2 Å². The number of methoxy groups -OCH3 is 1. The summed E-state index contributed by atoms with van der Waals surface area (Å²) in [5, 5.41) is 1.24. The van der Waals surface area contributed by atoms with Gasteiger partial charge in [0.15, 0.2) is 0 Å². The first-order valence-electron chi connectivity index (χ1n) is 8.42. The Hall–Kier alpha value is -1.71. The number of aryl methyl sites for hydroxylation is 1. The number of carbonyl (C=O) groups excluding carboxylic acids is 1. The highest BCUT2D eigenvalue weighted by atomic mass is 35.5. The van der Waals surface area contributed by atoms with E-state index in [2.05, 4.69) is 12.1 Å². The molecule has 1 atom stereocenters. The average Bonchev–Trinajstić information content (AvgIpc) is 3.11. The second kappa shape index (κ2) is 8.11. The molecule has 5 heteroatoms. The number of carbonyl (C=O) groups is 1. The fourth-order valence-electron chi connectivity index (χ4n) is 3.26. The van der Waals surface area contributed by atoms with Crippen LogP contribution in [0.25, 0.3) is 0 Å². The van der Waals surface area contributed by atoms with Gasteiger partial charge in [0, 0.05) is 35.5 Å². The largest absolute Gasteiger partial charge is 0.497 e. The number of halogens is 2. The minimum atomic E-state index is 0.182. The molecule has 1 heterocycles. The molecule has 0 saturated carbocycles. The summed E-state index contributed by atoms with van der Waals surface area (Å²) in [6.07, 6.45) is 2.11. The number of benzene rings is 2. The topological polar surface area (TPSA) is 29.5 Å². The summed E-state index contributed by atoms with van der Waals surface area (Å²) < 4.78 is 5.20. The molecule has 3 nitrogen and oxygen atoms in total. The Bertz CT molecular complexity index is 746. The van der Waals surface area contributed by atoms with Crippen LogP contribution in [0.15, 0.2) is 42.5 Å². The molecule has 3 rings (SSSR count). The normalized spacial score (nSPS) is 16.9. The molecule has 0 bridgehead atoms. The van der Waals surface area contributed by atoms with Crippen molar-refractivity contribution in [3.05, 3.63) is 63.6 Å². The maximum Gasteiger partial charge on any atom is 0.222 e. The molecule has 0 radical (unpaired) electrons. The lowest BCUT2D eigenvalue weighted by Gasteiger charge is -2.17. The number of rotatable bonds is 5. The van der Waals surface area contributed by atoms with Gasteiger partial charge in [-0.05, 0) is 48.2 Å². The number of hydrogen-bond donors (Lipinski definition) is 0. The lowest BCUT2D eigenvalue weighted by molar-refractivity contribution is -0.130. The summed E-state index contributed by atoms with van der Waals surface area (Å²) in [5.74, 6) is 1.44. The van der Waals surface area contributed by atoms with Gasteiger partial charge in [-0.3, -0.25) is 4.79 Å². The Balaban J connectivity index is 1.55. The molecule has 132 valence electrons. The van der Waals surface area contributed by atoms with Crippen molar-refractivity contribution in [2.75, 3.05) is 20.2 Å². The van der Waals surface area contributed by atoms with Crippen molar-refractivity contribution in [2.24, 2.45) is 0 Å². The molecule has 0 aliphatic carbocycles. The maximum absolute atomic E-state index is 12.5. The van der Waals surface area contributed by atoms with Gasteiger partial charge in [0.05, 0.1) is 7.11 Å². The van der Waals surface area contributed by atoms with Crippen molar-refractivity contribution < 1.29 is 9.53 Å². The summed E-state index contributed by atoms with van der Waals surface area (Å²) in [5.41, 5.74) is 2.22. The zero-order valence-corrected chi connectivity index (χ0v) is 15.7. The van der Waals surface area contributed by atoms with E-state index in [1.165, 1.54) is 5.56 Å². The summed E-state index contributed by atoms with van der Waals surface area (Å²) in [7, 11) is 1.66. The van der Waals surface area contributed by atoms with Crippen molar-refractivity contribution in [1.82, 2.24) is 4.90 Å². The molecular weight excluding hydrogens is 357 g/mol. The molecule has 0 spiro atoms. The zero-order chi connectivity index (χ0) is 17.8. The van der Waals surface area contributed by atoms with Gasteiger partial charge in [-0.15, -0.1) is 0 Å². The minimum Gasteiger partial charge on any atom is -0.497 e. The van der Waals surface area contributed by atoms with E-state index in [4.69, 9.17) is 27.9 Å². The molecule has 1 fully saturated rings. The predicted octanol–water partition coefficient (Wildman–Crippen LogP) is 4.95. The summed E-state index contributed by atoms with van der Waals surface area (Å²) >= 11 is 12.1. The molecule has 1 unspecified atom stereocenters. The Labute approximate surface area is 158 Å². The van der Waals surface area contributed by atoms with E-state index < -0.39 is 0 Å². The van der Waals surface area contributed by atoms with Crippen molar-refractivity contribution >= 4 is 29.1 Å².